The first-order chi connectivity index (χ1) is 9.29. The third-order valence-corrected chi connectivity index (χ3v) is 3.02. The Balaban J connectivity index is 2.09. The van der Waals surface area contributed by atoms with E-state index in [9.17, 15) is 4.79 Å². The molecule has 4 nitrogen and oxygen atoms in total. The number of ether oxygens (including phenoxy) is 3. The van der Waals surface area contributed by atoms with E-state index in [1.165, 1.54) is 7.11 Å². The molecule has 1 aliphatic rings. The fraction of sp³-hybridized carbons (Fsp3) is 0.133. The molecule has 96 valence electrons. The highest BCUT2D eigenvalue weighted by atomic mass is 16.7. The van der Waals surface area contributed by atoms with Gasteiger partial charge in [0, 0.05) is 0 Å². The number of hydrogen-bond acceptors (Lipinski definition) is 4. The number of carbonyl (C=O) groups is 1. The molecule has 0 spiro atoms. The van der Waals surface area contributed by atoms with Crippen molar-refractivity contribution in [3.05, 3.63) is 48.0 Å². The van der Waals surface area contributed by atoms with Gasteiger partial charge in [-0.25, -0.2) is 4.79 Å². The molecule has 0 aliphatic carbocycles. The highest BCUT2D eigenvalue weighted by molar-refractivity contribution is 5.97. The minimum Gasteiger partial charge on any atom is -0.465 e. The van der Waals surface area contributed by atoms with Crippen molar-refractivity contribution in [1.29, 1.82) is 0 Å². The van der Waals surface area contributed by atoms with Gasteiger partial charge in [-0.05, 0) is 29.3 Å². The zero-order chi connectivity index (χ0) is 13.2. The summed E-state index contributed by atoms with van der Waals surface area (Å²) in [6.45, 7) is 0.234. The molecule has 2 aromatic carbocycles. The van der Waals surface area contributed by atoms with Crippen LogP contribution in [0.3, 0.4) is 0 Å². The number of hydrogen-bond donors (Lipinski definition) is 0. The molecule has 0 saturated heterocycles. The lowest BCUT2D eigenvalue weighted by atomic mass is 9.99. The summed E-state index contributed by atoms with van der Waals surface area (Å²) in [6, 6.07) is 12.9. The largest absolute Gasteiger partial charge is 0.465 e. The summed E-state index contributed by atoms with van der Waals surface area (Å²) in [5, 5.41) is 0. The van der Waals surface area contributed by atoms with E-state index in [-0.39, 0.29) is 12.8 Å². The highest BCUT2D eigenvalue weighted by Gasteiger charge is 2.17. The van der Waals surface area contributed by atoms with Crippen LogP contribution in [-0.4, -0.2) is 19.9 Å². The van der Waals surface area contributed by atoms with E-state index in [4.69, 9.17) is 14.2 Å². The van der Waals surface area contributed by atoms with E-state index < -0.39 is 0 Å². The Labute approximate surface area is 110 Å². The number of fused-ring (bicyclic) bond motifs is 1. The molecular weight excluding hydrogens is 244 g/mol. The first-order valence-corrected chi connectivity index (χ1v) is 5.87. The monoisotopic (exact) mass is 256 g/mol. The maximum absolute atomic E-state index is 11.8. The SMILES string of the molecule is COC(=O)c1ccccc1-c1ccc2c(c1)OCO2. The zero-order valence-corrected chi connectivity index (χ0v) is 10.4. The number of benzene rings is 2. The Bertz CT molecular complexity index is 634. The lowest BCUT2D eigenvalue weighted by Crippen LogP contribution is -2.03. The van der Waals surface area contributed by atoms with Crippen LogP contribution in [0.5, 0.6) is 11.5 Å². The van der Waals surface area contributed by atoms with Gasteiger partial charge in [0.15, 0.2) is 11.5 Å². The quantitative estimate of drug-likeness (QED) is 0.775. The smallest absolute Gasteiger partial charge is 0.338 e. The van der Waals surface area contributed by atoms with Gasteiger partial charge in [0.2, 0.25) is 6.79 Å². The summed E-state index contributed by atoms with van der Waals surface area (Å²) >= 11 is 0. The molecule has 4 heteroatoms. The Morgan fingerprint density at radius 3 is 2.74 bits per heavy atom. The van der Waals surface area contributed by atoms with Crippen molar-refractivity contribution in [1.82, 2.24) is 0 Å². The van der Waals surface area contributed by atoms with Gasteiger partial charge in [-0.3, -0.25) is 0 Å². The van der Waals surface area contributed by atoms with Crippen molar-refractivity contribution < 1.29 is 19.0 Å². The Morgan fingerprint density at radius 1 is 1.11 bits per heavy atom. The van der Waals surface area contributed by atoms with Crippen LogP contribution >= 0.6 is 0 Å². The normalized spacial score (nSPS) is 12.3. The lowest BCUT2D eigenvalue weighted by Gasteiger charge is -2.08. The second-order valence-corrected chi connectivity index (χ2v) is 4.11. The van der Waals surface area contributed by atoms with Crippen LogP contribution in [-0.2, 0) is 4.74 Å². The summed E-state index contributed by atoms with van der Waals surface area (Å²) in [6.07, 6.45) is 0. The van der Waals surface area contributed by atoms with Crippen molar-refractivity contribution in [3.8, 4) is 22.6 Å². The van der Waals surface area contributed by atoms with Crippen LogP contribution in [0, 0.1) is 0 Å². The molecule has 0 N–H and O–H groups in total. The molecule has 2 aromatic rings. The van der Waals surface area contributed by atoms with Crippen LogP contribution in [0.1, 0.15) is 10.4 Å². The molecule has 0 radical (unpaired) electrons. The summed E-state index contributed by atoms with van der Waals surface area (Å²) in [5.74, 6) is 1.06. The van der Waals surface area contributed by atoms with Gasteiger partial charge in [-0.1, -0.05) is 24.3 Å². The molecule has 0 aromatic heterocycles. The average Bonchev–Trinajstić information content (AvgIpc) is 2.93. The maximum atomic E-state index is 11.8. The molecule has 19 heavy (non-hydrogen) atoms. The van der Waals surface area contributed by atoms with Crippen molar-refractivity contribution >= 4 is 5.97 Å². The Hall–Kier alpha value is -2.49. The van der Waals surface area contributed by atoms with E-state index in [0.29, 0.717) is 11.3 Å². The van der Waals surface area contributed by atoms with Crippen molar-refractivity contribution in [2.45, 2.75) is 0 Å². The van der Waals surface area contributed by atoms with Gasteiger partial charge in [-0.15, -0.1) is 0 Å². The third kappa shape index (κ3) is 2.01. The molecule has 3 rings (SSSR count). The van der Waals surface area contributed by atoms with Crippen LogP contribution in [0.25, 0.3) is 11.1 Å². The van der Waals surface area contributed by atoms with E-state index in [2.05, 4.69) is 0 Å². The second kappa shape index (κ2) is 4.65. The van der Waals surface area contributed by atoms with Gasteiger partial charge in [-0.2, -0.15) is 0 Å². The van der Waals surface area contributed by atoms with Crippen LogP contribution in [0.2, 0.25) is 0 Å². The topological polar surface area (TPSA) is 44.8 Å². The number of carbonyl (C=O) groups excluding carboxylic acids is 1. The summed E-state index contributed by atoms with van der Waals surface area (Å²) in [4.78, 5) is 11.8. The minimum atomic E-state index is -0.353. The first kappa shape index (κ1) is 11.6. The fourth-order valence-corrected chi connectivity index (χ4v) is 2.09. The average molecular weight is 256 g/mol. The van der Waals surface area contributed by atoms with E-state index in [0.717, 1.165) is 16.9 Å². The summed E-state index contributed by atoms with van der Waals surface area (Å²) < 4.78 is 15.4. The predicted molar refractivity (Wildman–Crippen MR) is 69.3 cm³/mol. The van der Waals surface area contributed by atoms with Gasteiger partial charge in [0.05, 0.1) is 12.7 Å². The summed E-state index contributed by atoms with van der Waals surface area (Å²) in [7, 11) is 1.37. The first-order valence-electron chi connectivity index (χ1n) is 5.87. The maximum Gasteiger partial charge on any atom is 0.338 e. The molecule has 0 atom stereocenters. The molecule has 0 fully saturated rings. The van der Waals surface area contributed by atoms with Crippen molar-refractivity contribution in [3.63, 3.8) is 0 Å². The predicted octanol–water partition coefficient (Wildman–Crippen LogP) is 2.87. The van der Waals surface area contributed by atoms with E-state index in [1.54, 1.807) is 6.07 Å². The van der Waals surface area contributed by atoms with Crippen LogP contribution < -0.4 is 9.47 Å². The molecule has 0 saturated carbocycles. The van der Waals surface area contributed by atoms with Gasteiger partial charge >= 0.3 is 5.97 Å². The lowest BCUT2D eigenvalue weighted by molar-refractivity contribution is 0.0601. The number of methoxy groups -OCH3 is 1. The highest BCUT2D eigenvalue weighted by Crippen LogP contribution is 2.36. The van der Waals surface area contributed by atoms with Crippen LogP contribution in [0.15, 0.2) is 42.5 Å². The van der Waals surface area contributed by atoms with Gasteiger partial charge in [0.1, 0.15) is 0 Å². The molecule has 1 heterocycles. The van der Waals surface area contributed by atoms with Crippen molar-refractivity contribution in [2.75, 3.05) is 13.9 Å². The standard InChI is InChI=1S/C15H12O4/c1-17-15(16)12-5-3-2-4-11(12)10-6-7-13-14(8-10)19-9-18-13/h2-8H,9H2,1H3. The molecule has 0 amide bonds. The molecule has 0 bridgehead atoms. The van der Waals surface area contributed by atoms with E-state index >= 15 is 0 Å². The third-order valence-electron chi connectivity index (χ3n) is 3.02. The van der Waals surface area contributed by atoms with E-state index in [1.807, 2.05) is 36.4 Å². The molecule has 1 aliphatic heterocycles. The van der Waals surface area contributed by atoms with Gasteiger partial charge in [0.25, 0.3) is 0 Å². The molecule has 0 unspecified atom stereocenters. The number of rotatable bonds is 2. The van der Waals surface area contributed by atoms with Gasteiger partial charge < -0.3 is 14.2 Å². The Kier molecular flexibility index (Phi) is 2.83. The minimum absolute atomic E-state index is 0.234. The zero-order valence-electron chi connectivity index (χ0n) is 10.4. The van der Waals surface area contributed by atoms with Crippen LogP contribution in [0.4, 0.5) is 0 Å². The number of esters is 1. The second-order valence-electron chi connectivity index (χ2n) is 4.11. The molecular formula is C15H12O4. The van der Waals surface area contributed by atoms with Crippen molar-refractivity contribution in [2.24, 2.45) is 0 Å². The fourth-order valence-electron chi connectivity index (χ4n) is 2.09. The Morgan fingerprint density at radius 2 is 1.89 bits per heavy atom. The summed E-state index contributed by atoms with van der Waals surface area (Å²) in [5.41, 5.74) is 2.24.